The van der Waals surface area contributed by atoms with Crippen molar-refractivity contribution in [3.8, 4) is 5.75 Å². The van der Waals surface area contributed by atoms with Gasteiger partial charge in [-0.05, 0) is 56.5 Å². The Morgan fingerprint density at radius 1 is 1.13 bits per heavy atom. The molecule has 0 aliphatic carbocycles. The summed E-state index contributed by atoms with van der Waals surface area (Å²) in [6, 6.07) is 7.43. The number of ketones is 1. The highest BCUT2D eigenvalue weighted by Gasteiger charge is 2.24. The Kier molecular flexibility index (Phi) is 8.80. The van der Waals surface area contributed by atoms with E-state index in [2.05, 4.69) is 12.2 Å². The molecule has 0 aliphatic rings. The molecule has 0 saturated carbocycles. The lowest BCUT2D eigenvalue weighted by Gasteiger charge is -2.06. The number of hydrogen-bond acceptors (Lipinski definition) is 6. The Bertz CT molecular complexity index is 928. The van der Waals surface area contributed by atoms with Crippen LogP contribution in [-0.2, 0) is 9.53 Å². The topological polar surface area (TPSA) is 81.7 Å². The number of hydrogen-bond donors (Lipinski definition) is 1. The first-order valence-corrected chi connectivity index (χ1v) is 10.7. The van der Waals surface area contributed by atoms with Crippen LogP contribution in [0.25, 0.3) is 6.08 Å². The lowest BCUT2D eigenvalue weighted by atomic mass is 10.1. The van der Waals surface area contributed by atoms with Crippen LogP contribution in [0.1, 0.15) is 64.8 Å². The summed E-state index contributed by atoms with van der Waals surface area (Å²) < 4.78 is 10.7. The number of unbranched alkanes of at least 4 members (excludes halogenated alkanes) is 1. The van der Waals surface area contributed by atoms with E-state index < -0.39 is 11.9 Å². The van der Waals surface area contributed by atoms with Gasteiger partial charge in [0.2, 0.25) is 5.91 Å². The molecule has 7 heteroatoms. The van der Waals surface area contributed by atoms with Crippen LogP contribution in [0.3, 0.4) is 0 Å². The molecular formula is C23H27NO5S. The summed E-state index contributed by atoms with van der Waals surface area (Å²) >= 11 is 1.08. The van der Waals surface area contributed by atoms with E-state index in [1.165, 1.54) is 13.0 Å². The molecule has 0 aliphatic heterocycles. The molecule has 0 unspecified atom stereocenters. The summed E-state index contributed by atoms with van der Waals surface area (Å²) in [5.74, 6) is -0.341. The number of Topliss-reactive ketones (excluding diaryl/α,β-unsaturated/α-hetero) is 1. The number of carbonyl (C=O) groups excluding carboxylic acids is 3. The molecule has 1 N–H and O–H groups in total. The second kappa shape index (κ2) is 11.3. The molecule has 1 aromatic carbocycles. The zero-order valence-electron chi connectivity index (χ0n) is 17.7. The number of benzene rings is 1. The van der Waals surface area contributed by atoms with Gasteiger partial charge in [-0.15, -0.1) is 11.3 Å². The van der Waals surface area contributed by atoms with E-state index in [1.54, 1.807) is 19.9 Å². The average Bonchev–Trinajstić information content (AvgIpc) is 3.04. The molecule has 0 spiro atoms. The first-order valence-electron chi connectivity index (χ1n) is 9.90. The van der Waals surface area contributed by atoms with Crippen molar-refractivity contribution in [3.63, 3.8) is 0 Å². The third kappa shape index (κ3) is 6.29. The van der Waals surface area contributed by atoms with E-state index in [-0.39, 0.29) is 18.0 Å². The maximum Gasteiger partial charge on any atom is 0.341 e. The fraction of sp³-hybridized carbons (Fsp3) is 0.348. The minimum Gasteiger partial charge on any atom is -0.494 e. The van der Waals surface area contributed by atoms with Gasteiger partial charge in [-0.2, -0.15) is 0 Å². The second-order valence-corrected chi connectivity index (χ2v) is 7.65. The van der Waals surface area contributed by atoms with Crippen LogP contribution < -0.4 is 10.1 Å². The molecule has 1 aromatic heterocycles. The van der Waals surface area contributed by atoms with Crippen LogP contribution >= 0.6 is 11.3 Å². The van der Waals surface area contributed by atoms with Gasteiger partial charge >= 0.3 is 5.97 Å². The van der Waals surface area contributed by atoms with Crippen LogP contribution in [0.15, 0.2) is 30.3 Å². The monoisotopic (exact) mass is 429 g/mol. The second-order valence-electron chi connectivity index (χ2n) is 6.63. The number of esters is 1. The number of nitrogens with one attached hydrogen (secondary N) is 1. The van der Waals surface area contributed by atoms with Crippen molar-refractivity contribution in [3.05, 3.63) is 51.9 Å². The number of thiophene rings is 1. The van der Waals surface area contributed by atoms with E-state index in [4.69, 9.17) is 9.47 Å². The van der Waals surface area contributed by atoms with Gasteiger partial charge in [-0.1, -0.05) is 25.5 Å². The van der Waals surface area contributed by atoms with Gasteiger partial charge in [-0.3, -0.25) is 9.59 Å². The average molecular weight is 430 g/mol. The SMILES string of the molecule is CCCCOc1ccc(/C=C/C(=O)Nc2sc(C(C)=O)c(C)c2C(=O)OCC)cc1. The van der Waals surface area contributed by atoms with E-state index in [1.807, 2.05) is 24.3 Å². The molecule has 2 rings (SSSR count). The van der Waals surface area contributed by atoms with Crippen LogP contribution in [0.4, 0.5) is 5.00 Å². The lowest BCUT2D eigenvalue weighted by Crippen LogP contribution is -2.12. The van der Waals surface area contributed by atoms with Crippen molar-refractivity contribution < 1.29 is 23.9 Å². The molecule has 1 amide bonds. The van der Waals surface area contributed by atoms with Crippen molar-refractivity contribution in [2.75, 3.05) is 18.5 Å². The summed E-state index contributed by atoms with van der Waals surface area (Å²) in [5, 5.41) is 3.01. The molecule has 0 fully saturated rings. The molecule has 1 heterocycles. The lowest BCUT2D eigenvalue weighted by molar-refractivity contribution is -0.111. The Labute approximate surface area is 180 Å². The molecular weight excluding hydrogens is 402 g/mol. The Morgan fingerprint density at radius 3 is 2.43 bits per heavy atom. The molecule has 30 heavy (non-hydrogen) atoms. The Morgan fingerprint density at radius 2 is 1.83 bits per heavy atom. The molecule has 2 aromatic rings. The maximum absolute atomic E-state index is 12.4. The first-order chi connectivity index (χ1) is 14.4. The normalized spacial score (nSPS) is 10.8. The number of carbonyl (C=O) groups is 3. The highest BCUT2D eigenvalue weighted by Crippen LogP contribution is 2.34. The predicted molar refractivity (Wildman–Crippen MR) is 120 cm³/mol. The number of amides is 1. The zero-order chi connectivity index (χ0) is 22.1. The third-order valence-electron chi connectivity index (χ3n) is 4.26. The van der Waals surface area contributed by atoms with Crippen molar-refractivity contribution in [1.82, 2.24) is 0 Å². The fourth-order valence-electron chi connectivity index (χ4n) is 2.72. The summed E-state index contributed by atoms with van der Waals surface area (Å²) in [6.45, 7) is 7.79. The van der Waals surface area contributed by atoms with Crippen LogP contribution in [-0.4, -0.2) is 30.9 Å². The van der Waals surface area contributed by atoms with Gasteiger partial charge in [0, 0.05) is 6.08 Å². The summed E-state index contributed by atoms with van der Waals surface area (Å²) in [4.78, 5) is 37.0. The minimum atomic E-state index is -0.559. The number of rotatable bonds is 10. The van der Waals surface area contributed by atoms with E-state index in [0.717, 1.165) is 35.5 Å². The van der Waals surface area contributed by atoms with Crippen molar-refractivity contribution in [2.24, 2.45) is 0 Å². The largest absolute Gasteiger partial charge is 0.494 e. The summed E-state index contributed by atoms with van der Waals surface area (Å²) in [6.07, 6.45) is 5.13. The quantitative estimate of drug-likeness (QED) is 0.241. The summed E-state index contributed by atoms with van der Waals surface area (Å²) in [7, 11) is 0. The van der Waals surface area contributed by atoms with Gasteiger partial charge in [-0.25, -0.2) is 4.79 Å². The van der Waals surface area contributed by atoms with Crippen LogP contribution in [0.5, 0.6) is 5.75 Å². The minimum absolute atomic E-state index is 0.166. The van der Waals surface area contributed by atoms with Gasteiger partial charge in [0.05, 0.1) is 23.7 Å². The van der Waals surface area contributed by atoms with Crippen LogP contribution in [0.2, 0.25) is 0 Å². The smallest absolute Gasteiger partial charge is 0.341 e. The van der Waals surface area contributed by atoms with Gasteiger partial charge in [0.25, 0.3) is 0 Å². The Hall–Kier alpha value is -2.93. The van der Waals surface area contributed by atoms with E-state index in [9.17, 15) is 14.4 Å². The summed E-state index contributed by atoms with van der Waals surface area (Å²) in [5.41, 5.74) is 1.58. The fourth-order valence-corrected chi connectivity index (χ4v) is 3.81. The molecule has 6 nitrogen and oxygen atoms in total. The number of ether oxygens (including phenoxy) is 2. The predicted octanol–water partition coefficient (Wildman–Crippen LogP) is 5.27. The van der Waals surface area contributed by atoms with E-state index >= 15 is 0 Å². The highest BCUT2D eigenvalue weighted by molar-refractivity contribution is 7.18. The van der Waals surface area contributed by atoms with Crippen molar-refractivity contribution >= 4 is 40.1 Å². The van der Waals surface area contributed by atoms with E-state index in [0.29, 0.717) is 22.0 Å². The Balaban J connectivity index is 2.11. The molecule has 160 valence electrons. The zero-order valence-corrected chi connectivity index (χ0v) is 18.6. The molecule has 0 radical (unpaired) electrons. The first kappa shape index (κ1) is 23.3. The van der Waals surface area contributed by atoms with Crippen LogP contribution in [0, 0.1) is 6.92 Å². The standard InChI is InChI=1S/C23H27NO5S/c1-5-7-14-29-18-11-8-17(9-12-18)10-13-19(26)24-22-20(23(27)28-6-2)15(3)21(30-22)16(4)25/h8-13H,5-7,14H2,1-4H3,(H,24,26)/b13-10+. The molecule has 0 bridgehead atoms. The van der Waals surface area contributed by atoms with Gasteiger partial charge < -0.3 is 14.8 Å². The van der Waals surface area contributed by atoms with Crippen molar-refractivity contribution in [1.29, 1.82) is 0 Å². The maximum atomic E-state index is 12.4. The third-order valence-corrected chi connectivity index (χ3v) is 5.56. The molecule has 0 saturated heterocycles. The van der Waals surface area contributed by atoms with Gasteiger partial charge in [0.15, 0.2) is 5.78 Å². The number of anilines is 1. The van der Waals surface area contributed by atoms with Gasteiger partial charge in [0.1, 0.15) is 10.8 Å². The highest BCUT2D eigenvalue weighted by atomic mass is 32.1. The molecule has 0 atom stereocenters. The van der Waals surface area contributed by atoms with Crippen molar-refractivity contribution in [2.45, 2.75) is 40.5 Å².